The first-order valence-corrected chi connectivity index (χ1v) is 6.80. The molecule has 1 aliphatic carbocycles. The summed E-state index contributed by atoms with van der Waals surface area (Å²) in [6.07, 6.45) is 2.51. The average Bonchev–Trinajstić information content (AvgIpc) is 2.46. The Morgan fingerprint density at radius 3 is 2.47 bits per heavy atom. The molecule has 1 saturated carbocycles. The minimum atomic E-state index is -2.53. The van der Waals surface area contributed by atoms with E-state index in [9.17, 15) is 8.78 Å². The fraction of sp³-hybridized carbons (Fsp3) is 0.600. The van der Waals surface area contributed by atoms with E-state index in [1.807, 2.05) is 0 Å². The van der Waals surface area contributed by atoms with Crippen LogP contribution >= 0.6 is 0 Å². The van der Waals surface area contributed by atoms with Crippen LogP contribution in [0.5, 0.6) is 5.75 Å². The maximum atomic E-state index is 13.4. The molecule has 2 rings (SSSR count). The van der Waals surface area contributed by atoms with Crippen molar-refractivity contribution in [3.05, 3.63) is 29.3 Å². The molecule has 0 saturated heterocycles. The summed E-state index contributed by atoms with van der Waals surface area (Å²) in [7, 11) is 1.43. The maximum Gasteiger partial charge on any atom is 0.267 e. The van der Waals surface area contributed by atoms with E-state index in [4.69, 9.17) is 10.5 Å². The van der Waals surface area contributed by atoms with Gasteiger partial charge in [-0.1, -0.05) is 31.4 Å². The molecule has 2 nitrogen and oxygen atoms in total. The minimum Gasteiger partial charge on any atom is -0.496 e. The van der Waals surface area contributed by atoms with Crippen LogP contribution in [0.25, 0.3) is 0 Å². The lowest BCUT2D eigenvalue weighted by molar-refractivity contribution is 0.142. The number of hydrogen-bond donors (Lipinski definition) is 1. The molecule has 0 aliphatic heterocycles. The van der Waals surface area contributed by atoms with Crippen molar-refractivity contribution < 1.29 is 13.5 Å². The van der Waals surface area contributed by atoms with Gasteiger partial charge in [0.15, 0.2) is 0 Å². The van der Waals surface area contributed by atoms with Crippen molar-refractivity contribution in [3.63, 3.8) is 0 Å². The van der Waals surface area contributed by atoms with Gasteiger partial charge in [0, 0.05) is 12.0 Å². The van der Waals surface area contributed by atoms with Gasteiger partial charge in [0.05, 0.1) is 12.7 Å². The first kappa shape index (κ1) is 14.3. The molecule has 0 bridgehead atoms. The van der Waals surface area contributed by atoms with Crippen LogP contribution in [0.1, 0.15) is 49.7 Å². The lowest BCUT2D eigenvalue weighted by atomic mass is 9.68. The smallest absolute Gasteiger partial charge is 0.267 e. The number of nitrogens with two attached hydrogens (primary N) is 1. The second-order valence-corrected chi connectivity index (χ2v) is 5.27. The summed E-state index contributed by atoms with van der Waals surface area (Å²) in [5, 5.41) is 0. The van der Waals surface area contributed by atoms with E-state index in [-0.39, 0.29) is 16.7 Å². The molecule has 1 fully saturated rings. The highest BCUT2D eigenvalue weighted by Crippen LogP contribution is 2.44. The van der Waals surface area contributed by atoms with Gasteiger partial charge in [-0.3, -0.25) is 0 Å². The van der Waals surface area contributed by atoms with Gasteiger partial charge >= 0.3 is 0 Å². The molecular weight excluding hydrogens is 248 g/mol. The molecule has 0 amide bonds. The van der Waals surface area contributed by atoms with E-state index in [1.165, 1.54) is 7.11 Å². The monoisotopic (exact) mass is 269 g/mol. The normalized spacial score (nSPS) is 18.6. The largest absolute Gasteiger partial charge is 0.496 e. The lowest BCUT2D eigenvalue weighted by Crippen LogP contribution is -2.38. The van der Waals surface area contributed by atoms with Gasteiger partial charge in [-0.25, -0.2) is 8.78 Å². The van der Waals surface area contributed by atoms with Crippen molar-refractivity contribution in [1.82, 2.24) is 0 Å². The van der Waals surface area contributed by atoms with Crippen molar-refractivity contribution in [2.75, 3.05) is 13.7 Å². The van der Waals surface area contributed by atoms with Gasteiger partial charge in [-0.15, -0.1) is 0 Å². The summed E-state index contributed by atoms with van der Waals surface area (Å²) >= 11 is 0. The zero-order valence-electron chi connectivity index (χ0n) is 11.3. The quantitative estimate of drug-likeness (QED) is 0.902. The van der Waals surface area contributed by atoms with Gasteiger partial charge in [0.25, 0.3) is 6.43 Å². The third-order valence-electron chi connectivity index (χ3n) is 4.28. The predicted octanol–water partition coefficient (Wildman–Crippen LogP) is 3.79. The van der Waals surface area contributed by atoms with Crippen LogP contribution in [-0.4, -0.2) is 13.7 Å². The minimum absolute atomic E-state index is 0.0253. The molecule has 0 atom stereocenters. The summed E-state index contributed by atoms with van der Waals surface area (Å²) < 4.78 is 31.9. The zero-order chi connectivity index (χ0) is 13.9. The standard InChI is InChI=1S/C15H21F2NO/c1-19-12-7-5-6-11(13(12)14(16)17)15(10-18)8-3-2-4-9-15/h5-7,14H,2-4,8-10,18H2,1H3. The summed E-state index contributed by atoms with van der Waals surface area (Å²) in [6, 6.07) is 5.17. The fourth-order valence-electron chi connectivity index (χ4n) is 3.22. The maximum absolute atomic E-state index is 13.4. The first-order chi connectivity index (χ1) is 9.14. The number of halogens is 2. The molecule has 4 heteroatoms. The van der Waals surface area contributed by atoms with Crippen LogP contribution in [0.2, 0.25) is 0 Å². The van der Waals surface area contributed by atoms with Gasteiger partial charge in [0.1, 0.15) is 5.75 Å². The number of ether oxygens (including phenoxy) is 1. The van der Waals surface area contributed by atoms with Gasteiger partial charge in [-0.2, -0.15) is 0 Å². The second-order valence-electron chi connectivity index (χ2n) is 5.27. The van der Waals surface area contributed by atoms with Crippen LogP contribution in [-0.2, 0) is 5.41 Å². The molecule has 0 heterocycles. The Kier molecular flexibility index (Phi) is 4.40. The highest BCUT2D eigenvalue weighted by molar-refractivity contribution is 5.45. The predicted molar refractivity (Wildman–Crippen MR) is 71.8 cm³/mol. The Hall–Kier alpha value is -1.16. The van der Waals surface area contributed by atoms with Crippen molar-refractivity contribution in [3.8, 4) is 5.75 Å². The molecule has 0 spiro atoms. The fourth-order valence-corrected chi connectivity index (χ4v) is 3.22. The summed E-state index contributed by atoms with van der Waals surface area (Å²) in [6.45, 7) is 0.417. The van der Waals surface area contributed by atoms with Gasteiger partial charge in [-0.05, 0) is 24.5 Å². The molecule has 19 heavy (non-hydrogen) atoms. The molecule has 1 aliphatic rings. The topological polar surface area (TPSA) is 35.2 Å². The zero-order valence-corrected chi connectivity index (χ0v) is 11.3. The Balaban J connectivity index is 2.53. The Bertz CT molecular complexity index is 428. The van der Waals surface area contributed by atoms with Gasteiger partial charge in [0.2, 0.25) is 0 Å². The Morgan fingerprint density at radius 2 is 1.95 bits per heavy atom. The van der Waals surface area contributed by atoms with E-state index < -0.39 is 6.43 Å². The highest BCUT2D eigenvalue weighted by Gasteiger charge is 2.37. The molecule has 0 unspecified atom stereocenters. The van der Waals surface area contributed by atoms with Crippen LogP contribution in [0.4, 0.5) is 8.78 Å². The summed E-state index contributed by atoms with van der Waals surface area (Å²) in [5.41, 5.74) is 6.35. The van der Waals surface area contributed by atoms with Crippen LogP contribution in [0.3, 0.4) is 0 Å². The second kappa shape index (κ2) is 5.87. The molecule has 2 N–H and O–H groups in total. The van der Waals surface area contributed by atoms with E-state index in [1.54, 1.807) is 18.2 Å². The van der Waals surface area contributed by atoms with Crippen molar-refractivity contribution in [2.24, 2.45) is 5.73 Å². The molecule has 1 aromatic rings. The number of hydrogen-bond acceptors (Lipinski definition) is 2. The highest BCUT2D eigenvalue weighted by atomic mass is 19.3. The van der Waals surface area contributed by atoms with Crippen molar-refractivity contribution in [2.45, 2.75) is 43.9 Å². The third kappa shape index (κ3) is 2.59. The van der Waals surface area contributed by atoms with E-state index >= 15 is 0 Å². The molecule has 0 radical (unpaired) electrons. The first-order valence-electron chi connectivity index (χ1n) is 6.80. The van der Waals surface area contributed by atoms with E-state index in [2.05, 4.69) is 0 Å². The van der Waals surface area contributed by atoms with Crippen molar-refractivity contribution >= 4 is 0 Å². The van der Waals surface area contributed by atoms with E-state index in [0.29, 0.717) is 12.1 Å². The lowest BCUT2D eigenvalue weighted by Gasteiger charge is -2.38. The Labute approximate surface area is 112 Å². The molecule has 106 valence electrons. The third-order valence-corrected chi connectivity index (χ3v) is 4.28. The van der Waals surface area contributed by atoms with Crippen molar-refractivity contribution in [1.29, 1.82) is 0 Å². The van der Waals surface area contributed by atoms with Crippen LogP contribution in [0.15, 0.2) is 18.2 Å². The number of methoxy groups -OCH3 is 1. The average molecular weight is 269 g/mol. The molecule has 0 aromatic heterocycles. The molecular formula is C15H21F2NO. The number of alkyl halides is 2. The summed E-state index contributed by atoms with van der Waals surface area (Å²) in [4.78, 5) is 0. The SMILES string of the molecule is COc1cccc(C2(CN)CCCCC2)c1C(F)F. The number of rotatable bonds is 4. The Morgan fingerprint density at radius 1 is 1.26 bits per heavy atom. The van der Waals surface area contributed by atoms with Gasteiger partial charge < -0.3 is 10.5 Å². The van der Waals surface area contributed by atoms with E-state index in [0.717, 1.165) is 32.1 Å². The molecule has 1 aromatic carbocycles. The van der Waals surface area contributed by atoms with Crippen LogP contribution in [0, 0.1) is 0 Å². The van der Waals surface area contributed by atoms with Crippen LogP contribution < -0.4 is 10.5 Å². The number of benzene rings is 1. The summed E-state index contributed by atoms with van der Waals surface area (Å²) in [5.74, 6) is 0.269.